The smallest absolute Gasteiger partial charge is 0.274 e. The summed E-state index contributed by atoms with van der Waals surface area (Å²) in [7, 11) is -6.94. The molecule has 0 bridgehead atoms. The third-order valence-corrected chi connectivity index (χ3v) is 7.17. The molecule has 0 aliphatic heterocycles. The molecule has 6 nitrogen and oxygen atoms in total. The fourth-order valence-electron chi connectivity index (χ4n) is 2.25. The van der Waals surface area contributed by atoms with E-state index in [4.69, 9.17) is 0 Å². The lowest BCUT2D eigenvalue weighted by atomic mass is 10.3. The number of rotatable bonds is 6. The van der Waals surface area contributed by atoms with Crippen LogP contribution in [0.1, 0.15) is 12.8 Å². The molecule has 1 aliphatic rings. The average Bonchev–Trinajstić information content (AvgIpc) is 3.10. The summed E-state index contributed by atoms with van der Waals surface area (Å²) in [6.45, 7) is 0. The Balaban J connectivity index is 1.94. The van der Waals surface area contributed by atoms with Crippen LogP contribution in [-0.4, -0.2) is 29.1 Å². The third-order valence-electron chi connectivity index (χ3n) is 3.31. The minimum Gasteiger partial charge on any atom is -0.284 e. The SMILES string of the molecule is CS(=O)(=O)Nc1ccc(N(C2CC2)S(=O)(=O)c2cccs2)cc1. The first-order valence-corrected chi connectivity index (χ1v) is 11.1. The molecule has 0 unspecified atom stereocenters. The van der Waals surface area contributed by atoms with E-state index in [0.29, 0.717) is 15.6 Å². The van der Waals surface area contributed by atoms with Crippen molar-refractivity contribution >= 4 is 42.8 Å². The highest BCUT2D eigenvalue weighted by Crippen LogP contribution is 2.37. The van der Waals surface area contributed by atoms with Gasteiger partial charge in [0.2, 0.25) is 10.0 Å². The minimum atomic E-state index is -3.58. The van der Waals surface area contributed by atoms with Gasteiger partial charge in [-0.2, -0.15) is 0 Å². The Bertz CT molecular complexity index is 884. The Labute approximate surface area is 139 Å². The molecule has 23 heavy (non-hydrogen) atoms. The van der Waals surface area contributed by atoms with Crippen molar-refractivity contribution < 1.29 is 16.8 Å². The molecule has 2 aromatic rings. The normalized spacial score (nSPS) is 15.3. The second kappa shape index (κ2) is 5.81. The molecule has 0 saturated heterocycles. The topological polar surface area (TPSA) is 83.6 Å². The van der Waals surface area contributed by atoms with Gasteiger partial charge in [0, 0.05) is 11.7 Å². The lowest BCUT2D eigenvalue weighted by molar-refractivity contribution is 0.592. The number of anilines is 2. The zero-order chi connectivity index (χ0) is 16.7. The van der Waals surface area contributed by atoms with Crippen LogP contribution in [0, 0.1) is 0 Å². The Morgan fingerprint density at radius 3 is 2.22 bits per heavy atom. The van der Waals surface area contributed by atoms with Crippen molar-refractivity contribution in [2.24, 2.45) is 0 Å². The zero-order valence-electron chi connectivity index (χ0n) is 12.3. The van der Waals surface area contributed by atoms with Gasteiger partial charge in [0.1, 0.15) is 4.21 Å². The van der Waals surface area contributed by atoms with E-state index in [-0.39, 0.29) is 6.04 Å². The van der Waals surface area contributed by atoms with Gasteiger partial charge in [-0.25, -0.2) is 16.8 Å². The average molecular weight is 372 g/mol. The fourth-order valence-corrected chi connectivity index (χ4v) is 5.61. The second-order valence-corrected chi connectivity index (χ2v) is 10.1. The molecule has 9 heteroatoms. The standard InChI is InChI=1S/C14H16N2O4S3/c1-22(17,18)15-11-4-6-12(7-5-11)16(13-8-9-13)23(19,20)14-3-2-10-21-14/h2-7,10,13,15H,8-9H2,1H3. The quantitative estimate of drug-likeness (QED) is 0.844. The van der Waals surface area contributed by atoms with Crippen molar-refractivity contribution in [1.82, 2.24) is 0 Å². The van der Waals surface area contributed by atoms with Gasteiger partial charge in [-0.3, -0.25) is 9.03 Å². The van der Waals surface area contributed by atoms with E-state index in [0.717, 1.165) is 19.1 Å². The van der Waals surface area contributed by atoms with Crippen LogP contribution in [0.2, 0.25) is 0 Å². The first kappa shape index (κ1) is 16.3. The minimum absolute atomic E-state index is 0.0317. The number of nitrogens with one attached hydrogen (secondary N) is 1. The lowest BCUT2D eigenvalue weighted by Gasteiger charge is -2.23. The molecule has 1 aliphatic carbocycles. The Morgan fingerprint density at radius 2 is 1.74 bits per heavy atom. The van der Waals surface area contributed by atoms with Crippen LogP contribution < -0.4 is 9.03 Å². The van der Waals surface area contributed by atoms with E-state index >= 15 is 0 Å². The number of hydrogen-bond acceptors (Lipinski definition) is 5. The zero-order valence-corrected chi connectivity index (χ0v) is 14.8. The largest absolute Gasteiger partial charge is 0.284 e. The van der Waals surface area contributed by atoms with E-state index in [1.807, 2.05) is 0 Å². The summed E-state index contributed by atoms with van der Waals surface area (Å²) in [6.07, 6.45) is 2.72. The van der Waals surface area contributed by atoms with Crippen molar-refractivity contribution in [3.63, 3.8) is 0 Å². The van der Waals surface area contributed by atoms with Crippen LogP contribution in [0.4, 0.5) is 11.4 Å². The molecule has 124 valence electrons. The number of thiophene rings is 1. The van der Waals surface area contributed by atoms with Crippen molar-refractivity contribution in [3.8, 4) is 0 Å². The Morgan fingerprint density at radius 1 is 1.09 bits per heavy atom. The number of nitrogens with zero attached hydrogens (tertiary/aromatic N) is 1. The lowest BCUT2D eigenvalue weighted by Crippen LogP contribution is -2.32. The van der Waals surface area contributed by atoms with Crippen LogP contribution in [0.5, 0.6) is 0 Å². The molecule has 1 saturated carbocycles. The van der Waals surface area contributed by atoms with E-state index in [1.165, 1.54) is 15.6 Å². The summed E-state index contributed by atoms with van der Waals surface area (Å²) in [5, 5.41) is 1.73. The highest BCUT2D eigenvalue weighted by molar-refractivity contribution is 7.94. The highest BCUT2D eigenvalue weighted by Gasteiger charge is 2.38. The molecule has 1 fully saturated rings. The van der Waals surface area contributed by atoms with Gasteiger partial charge >= 0.3 is 0 Å². The molecule has 1 N–H and O–H groups in total. The predicted octanol–water partition coefficient (Wildman–Crippen LogP) is 2.48. The van der Waals surface area contributed by atoms with Gasteiger partial charge in [0.15, 0.2) is 0 Å². The van der Waals surface area contributed by atoms with Gasteiger partial charge in [-0.05, 0) is 48.6 Å². The van der Waals surface area contributed by atoms with Crippen LogP contribution in [0.15, 0.2) is 46.0 Å². The van der Waals surface area contributed by atoms with E-state index in [1.54, 1.807) is 41.8 Å². The van der Waals surface area contributed by atoms with Crippen LogP contribution in [-0.2, 0) is 20.0 Å². The van der Waals surface area contributed by atoms with E-state index in [2.05, 4.69) is 4.72 Å². The molecule has 0 amide bonds. The maximum absolute atomic E-state index is 12.8. The third kappa shape index (κ3) is 3.67. The van der Waals surface area contributed by atoms with Crippen molar-refractivity contribution in [2.75, 3.05) is 15.3 Å². The summed E-state index contributed by atoms with van der Waals surface area (Å²) >= 11 is 1.19. The van der Waals surface area contributed by atoms with Crippen molar-refractivity contribution in [1.29, 1.82) is 0 Å². The van der Waals surface area contributed by atoms with Gasteiger partial charge in [0.25, 0.3) is 10.0 Å². The summed E-state index contributed by atoms with van der Waals surface area (Å²) in [4.78, 5) is 0. The fraction of sp³-hybridized carbons (Fsp3) is 0.286. The summed E-state index contributed by atoms with van der Waals surface area (Å²) < 4.78 is 52.2. The molecular formula is C14H16N2O4S3. The maximum atomic E-state index is 12.8. The summed E-state index contributed by atoms with van der Waals surface area (Å²) in [6, 6.07) is 9.65. The van der Waals surface area contributed by atoms with Crippen LogP contribution in [0.3, 0.4) is 0 Å². The van der Waals surface area contributed by atoms with E-state index < -0.39 is 20.0 Å². The van der Waals surface area contributed by atoms with Crippen LogP contribution in [0.25, 0.3) is 0 Å². The highest BCUT2D eigenvalue weighted by atomic mass is 32.2. The van der Waals surface area contributed by atoms with Crippen LogP contribution >= 0.6 is 11.3 Å². The molecule has 1 aromatic heterocycles. The van der Waals surface area contributed by atoms with Gasteiger partial charge in [-0.1, -0.05) is 6.07 Å². The molecule has 0 atom stereocenters. The van der Waals surface area contributed by atoms with Gasteiger partial charge in [-0.15, -0.1) is 11.3 Å². The molecule has 0 spiro atoms. The molecular weight excluding hydrogens is 356 g/mol. The monoisotopic (exact) mass is 372 g/mol. The first-order chi connectivity index (χ1) is 10.8. The maximum Gasteiger partial charge on any atom is 0.274 e. The molecule has 1 aromatic carbocycles. The summed E-state index contributed by atoms with van der Waals surface area (Å²) in [5.74, 6) is 0. The molecule has 3 rings (SSSR count). The first-order valence-electron chi connectivity index (χ1n) is 6.93. The molecule has 1 heterocycles. The second-order valence-electron chi connectivity index (χ2n) is 5.39. The Hall–Kier alpha value is -1.58. The predicted molar refractivity (Wildman–Crippen MR) is 91.9 cm³/mol. The molecule has 0 radical (unpaired) electrons. The Kier molecular flexibility index (Phi) is 4.11. The number of benzene rings is 1. The van der Waals surface area contributed by atoms with Gasteiger partial charge < -0.3 is 0 Å². The van der Waals surface area contributed by atoms with Gasteiger partial charge in [0.05, 0.1) is 11.9 Å². The van der Waals surface area contributed by atoms with Crippen molar-refractivity contribution in [2.45, 2.75) is 23.1 Å². The number of hydrogen-bond donors (Lipinski definition) is 1. The summed E-state index contributed by atoms with van der Waals surface area (Å²) in [5.41, 5.74) is 0.945. The number of sulfonamides is 2. The van der Waals surface area contributed by atoms with E-state index in [9.17, 15) is 16.8 Å². The van der Waals surface area contributed by atoms with Crippen molar-refractivity contribution in [3.05, 3.63) is 41.8 Å².